The van der Waals surface area contributed by atoms with Gasteiger partial charge in [0, 0.05) is 18.9 Å². The topological polar surface area (TPSA) is 86.9 Å². The van der Waals surface area contributed by atoms with Gasteiger partial charge in [-0.3, -0.25) is 4.79 Å². The third kappa shape index (κ3) is 3.83. The summed E-state index contributed by atoms with van der Waals surface area (Å²) in [4.78, 5) is 27.4. The molecule has 0 amide bonds. The number of ether oxygens (including phenoxy) is 4. The molecule has 0 bridgehead atoms. The third-order valence-corrected chi connectivity index (χ3v) is 3.91. The van der Waals surface area contributed by atoms with E-state index in [1.807, 2.05) is 0 Å². The average molecular weight is 361 g/mol. The van der Waals surface area contributed by atoms with Crippen molar-refractivity contribution in [1.29, 1.82) is 0 Å². The molecule has 26 heavy (non-hydrogen) atoms. The minimum Gasteiger partial charge on any atom is -0.486 e. The summed E-state index contributed by atoms with van der Waals surface area (Å²) < 4.78 is 22.2. The molecule has 0 fully saturated rings. The zero-order valence-electron chi connectivity index (χ0n) is 15.2. The lowest BCUT2D eigenvalue weighted by molar-refractivity contribution is 0.00148. The average Bonchev–Trinajstić information content (AvgIpc) is 2.60. The van der Waals surface area contributed by atoms with Crippen LogP contribution >= 0.6 is 0 Å². The van der Waals surface area contributed by atoms with Crippen LogP contribution in [0.4, 0.5) is 0 Å². The number of benzene rings is 1. The van der Waals surface area contributed by atoms with Gasteiger partial charge in [0.05, 0.1) is 24.1 Å². The number of H-pyrrole nitrogens is 1. The molecule has 1 aliphatic rings. The van der Waals surface area contributed by atoms with Crippen LogP contribution < -0.4 is 14.9 Å². The summed E-state index contributed by atoms with van der Waals surface area (Å²) >= 11 is 0. The van der Waals surface area contributed by atoms with Crippen molar-refractivity contribution in [1.82, 2.24) is 4.98 Å². The van der Waals surface area contributed by atoms with Crippen molar-refractivity contribution in [3.05, 3.63) is 34.1 Å². The monoisotopic (exact) mass is 361 g/mol. The van der Waals surface area contributed by atoms with Gasteiger partial charge in [-0.2, -0.15) is 0 Å². The molecule has 1 atom stereocenters. The van der Waals surface area contributed by atoms with E-state index in [0.29, 0.717) is 48.1 Å². The first-order valence-electron chi connectivity index (χ1n) is 8.73. The van der Waals surface area contributed by atoms with E-state index >= 15 is 0 Å². The maximum atomic E-state index is 12.6. The summed E-state index contributed by atoms with van der Waals surface area (Å²) in [6.45, 7) is 7.50. The first-order valence-corrected chi connectivity index (χ1v) is 8.73. The maximum Gasteiger partial charge on any atom is 0.343 e. The van der Waals surface area contributed by atoms with Gasteiger partial charge in [0.2, 0.25) is 5.43 Å². The van der Waals surface area contributed by atoms with Crippen LogP contribution in [0.1, 0.15) is 31.1 Å². The van der Waals surface area contributed by atoms with E-state index in [4.69, 9.17) is 18.9 Å². The van der Waals surface area contributed by atoms with Crippen LogP contribution in [0, 0.1) is 5.92 Å². The Morgan fingerprint density at radius 1 is 1.35 bits per heavy atom. The fourth-order valence-corrected chi connectivity index (χ4v) is 2.71. The summed E-state index contributed by atoms with van der Waals surface area (Å²) in [7, 11) is 0. The van der Waals surface area contributed by atoms with Gasteiger partial charge >= 0.3 is 5.97 Å². The van der Waals surface area contributed by atoms with E-state index in [0.717, 1.165) is 0 Å². The highest BCUT2D eigenvalue weighted by atomic mass is 16.6. The molecule has 2 heterocycles. The van der Waals surface area contributed by atoms with E-state index in [9.17, 15) is 9.59 Å². The lowest BCUT2D eigenvalue weighted by atomic mass is 10.1. The molecule has 0 aliphatic carbocycles. The molecular formula is C19H23NO6. The molecule has 1 aromatic carbocycles. The summed E-state index contributed by atoms with van der Waals surface area (Å²) in [5.74, 6) is 0.827. The zero-order chi connectivity index (χ0) is 18.7. The molecule has 1 N–H and O–H groups in total. The Hall–Kier alpha value is -2.54. The fraction of sp³-hybridized carbons (Fsp3) is 0.474. The van der Waals surface area contributed by atoms with Gasteiger partial charge < -0.3 is 23.9 Å². The fourth-order valence-electron chi connectivity index (χ4n) is 2.71. The van der Waals surface area contributed by atoms with E-state index in [2.05, 4.69) is 18.8 Å². The van der Waals surface area contributed by atoms with Crippen LogP contribution in [0.3, 0.4) is 0 Å². The lowest BCUT2D eigenvalue weighted by Crippen LogP contribution is -2.34. The molecule has 0 spiro atoms. The van der Waals surface area contributed by atoms with Gasteiger partial charge in [-0.15, -0.1) is 0 Å². The van der Waals surface area contributed by atoms with Crippen LogP contribution in [0.25, 0.3) is 10.9 Å². The van der Waals surface area contributed by atoms with Gasteiger partial charge in [-0.05, 0) is 18.9 Å². The Balaban J connectivity index is 1.84. The Morgan fingerprint density at radius 2 is 2.15 bits per heavy atom. The number of hydrogen-bond acceptors (Lipinski definition) is 6. The predicted octanol–water partition coefficient (Wildman–Crippen LogP) is 2.52. The molecular weight excluding hydrogens is 338 g/mol. The minimum absolute atomic E-state index is 0.0315. The molecule has 1 aliphatic heterocycles. The highest BCUT2D eigenvalue weighted by molar-refractivity contribution is 5.94. The number of esters is 1. The van der Waals surface area contributed by atoms with Crippen molar-refractivity contribution >= 4 is 16.9 Å². The third-order valence-electron chi connectivity index (χ3n) is 3.91. The van der Waals surface area contributed by atoms with E-state index < -0.39 is 11.4 Å². The smallest absolute Gasteiger partial charge is 0.343 e. The summed E-state index contributed by atoms with van der Waals surface area (Å²) in [5.41, 5.74) is 0.135. The van der Waals surface area contributed by atoms with Gasteiger partial charge in [-0.25, -0.2) is 4.79 Å². The number of pyridine rings is 1. The molecule has 7 heteroatoms. The highest BCUT2D eigenvalue weighted by Gasteiger charge is 2.23. The van der Waals surface area contributed by atoms with Crippen molar-refractivity contribution in [2.24, 2.45) is 5.92 Å². The number of carbonyl (C=O) groups is 1. The summed E-state index contributed by atoms with van der Waals surface area (Å²) in [5, 5.41) is 0.354. The van der Waals surface area contributed by atoms with Crippen LogP contribution in [0.2, 0.25) is 0 Å². The molecule has 1 aromatic heterocycles. The van der Waals surface area contributed by atoms with Gasteiger partial charge in [0.15, 0.2) is 17.6 Å². The number of aromatic nitrogens is 1. The standard InChI is InChI=1S/C19H23NO6/c1-4-24-19(22)14-7-20-15-6-17-16(5-13(15)18(14)21)25-10-12(26-17)9-23-8-11(2)3/h5-7,11-12H,4,8-10H2,1-3H3,(H,20,21). The number of carbonyl (C=O) groups excluding carboxylic acids is 1. The van der Waals surface area contributed by atoms with Crippen molar-refractivity contribution in [3.8, 4) is 11.5 Å². The number of rotatable bonds is 6. The lowest BCUT2D eigenvalue weighted by Gasteiger charge is -2.27. The van der Waals surface area contributed by atoms with Crippen LogP contribution in [0.15, 0.2) is 23.1 Å². The normalized spacial score (nSPS) is 16.1. The van der Waals surface area contributed by atoms with Crippen LogP contribution in [-0.4, -0.2) is 43.5 Å². The van der Waals surface area contributed by atoms with E-state index in [1.54, 1.807) is 19.1 Å². The Labute approximate surface area is 151 Å². The highest BCUT2D eigenvalue weighted by Crippen LogP contribution is 2.34. The molecule has 140 valence electrons. The second-order valence-electron chi connectivity index (χ2n) is 6.58. The van der Waals surface area contributed by atoms with Gasteiger partial charge in [0.1, 0.15) is 12.2 Å². The second kappa shape index (κ2) is 7.78. The largest absolute Gasteiger partial charge is 0.486 e. The Bertz CT molecular complexity index is 857. The maximum absolute atomic E-state index is 12.6. The van der Waals surface area contributed by atoms with E-state index in [-0.39, 0.29) is 18.3 Å². The van der Waals surface area contributed by atoms with Crippen molar-refractivity contribution < 1.29 is 23.7 Å². The Morgan fingerprint density at radius 3 is 2.88 bits per heavy atom. The molecule has 1 unspecified atom stereocenters. The van der Waals surface area contributed by atoms with Crippen LogP contribution in [0.5, 0.6) is 11.5 Å². The first-order chi connectivity index (χ1) is 12.5. The van der Waals surface area contributed by atoms with Gasteiger partial charge in [0.25, 0.3) is 0 Å². The van der Waals surface area contributed by atoms with Crippen LogP contribution in [-0.2, 0) is 9.47 Å². The summed E-state index contributed by atoms with van der Waals surface area (Å²) in [6, 6.07) is 3.30. The van der Waals surface area contributed by atoms with E-state index in [1.165, 1.54) is 6.20 Å². The Kier molecular flexibility index (Phi) is 5.46. The molecule has 2 aromatic rings. The molecule has 0 saturated carbocycles. The number of hydrogen-bond donors (Lipinski definition) is 1. The molecule has 0 saturated heterocycles. The predicted molar refractivity (Wildman–Crippen MR) is 96.1 cm³/mol. The SMILES string of the molecule is CCOC(=O)c1c[nH]c2cc3c(cc2c1=O)OCC(COCC(C)C)O3. The number of aromatic amines is 1. The number of fused-ring (bicyclic) bond motifs is 2. The first kappa shape index (κ1) is 18.3. The van der Waals surface area contributed by atoms with Crippen molar-refractivity contribution in [2.45, 2.75) is 26.9 Å². The molecule has 3 rings (SSSR count). The molecule has 0 radical (unpaired) electrons. The second-order valence-corrected chi connectivity index (χ2v) is 6.58. The quantitative estimate of drug-likeness (QED) is 0.796. The number of nitrogens with one attached hydrogen (secondary N) is 1. The summed E-state index contributed by atoms with van der Waals surface area (Å²) in [6.07, 6.45) is 1.16. The zero-order valence-corrected chi connectivity index (χ0v) is 15.2. The van der Waals surface area contributed by atoms with Crippen molar-refractivity contribution in [3.63, 3.8) is 0 Å². The van der Waals surface area contributed by atoms with Gasteiger partial charge in [-0.1, -0.05) is 13.8 Å². The minimum atomic E-state index is -0.645. The van der Waals surface area contributed by atoms with Crippen molar-refractivity contribution in [2.75, 3.05) is 26.4 Å². The molecule has 7 nitrogen and oxygen atoms in total.